The molecule has 0 amide bonds. The molecule has 1 nitrogen and oxygen atoms in total. The van der Waals surface area contributed by atoms with E-state index in [2.05, 4.69) is 0 Å². The van der Waals surface area contributed by atoms with Gasteiger partial charge in [0.15, 0.2) is 0 Å². The van der Waals surface area contributed by atoms with Crippen LogP contribution in [0.2, 0.25) is 0 Å². The summed E-state index contributed by atoms with van der Waals surface area (Å²) in [5.41, 5.74) is 0. The summed E-state index contributed by atoms with van der Waals surface area (Å²) < 4.78 is 0. The number of hydrogen-bond acceptors (Lipinski definition) is 1. The Morgan fingerprint density at radius 3 is 1.71 bits per heavy atom. The summed E-state index contributed by atoms with van der Waals surface area (Å²) in [4.78, 5) is -0.679. The zero-order valence-corrected chi connectivity index (χ0v) is 5.77. The van der Waals surface area contributed by atoms with Crippen LogP contribution in [0.4, 0.5) is 0 Å². The van der Waals surface area contributed by atoms with Gasteiger partial charge in [-0.2, -0.15) is 0 Å². The van der Waals surface area contributed by atoms with Crippen LogP contribution in [-0.4, -0.2) is 10.0 Å². The smallest absolute Gasteiger partial charge is 0.118 e. The van der Waals surface area contributed by atoms with E-state index >= 15 is 0 Å². The van der Waals surface area contributed by atoms with E-state index in [1.165, 1.54) is 0 Å². The van der Waals surface area contributed by atoms with Crippen molar-refractivity contribution in [2.24, 2.45) is 0 Å². The molecule has 0 fully saturated rings. The van der Waals surface area contributed by atoms with Crippen LogP contribution in [0.3, 0.4) is 0 Å². The highest BCUT2D eigenvalue weighted by atomic mass is 35.5. The van der Waals surface area contributed by atoms with E-state index in [1.54, 1.807) is 13.8 Å². The minimum absolute atomic E-state index is 0.0193. The maximum atomic E-state index is 6.78. The van der Waals surface area contributed by atoms with Gasteiger partial charge in [0.25, 0.3) is 0 Å². The van der Waals surface area contributed by atoms with Gasteiger partial charge >= 0.3 is 0 Å². The number of halogens is 2. The zero-order valence-electron chi connectivity index (χ0n) is 4.26. The van der Waals surface area contributed by atoms with Crippen molar-refractivity contribution in [3.05, 3.63) is 0 Å². The molecule has 0 aliphatic carbocycles. The summed E-state index contributed by atoms with van der Waals surface area (Å²) in [5.74, 6) is 0. The lowest BCUT2D eigenvalue weighted by molar-refractivity contribution is 0.941. The highest BCUT2D eigenvalue weighted by molar-refractivity contribution is 6.71. The molecule has 0 heterocycles. The molecule has 0 saturated heterocycles. The highest BCUT2D eigenvalue weighted by Gasteiger charge is 2.16. The van der Waals surface area contributed by atoms with Gasteiger partial charge in [0.2, 0.25) is 0 Å². The number of alkyl halides is 1. The topological polar surface area (TPSA) is 23.9 Å². The van der Waals surface area contributed by atoms with E-state index in [4.69, 9.17) is 28.6 Å². The quantitative estimate of drug-likeness (QED) is 0.426. The predicted octanol–water partition coefficient (Wildman–Crippen LogP) is 2.22. The normalized spacial score (nSPS) is 11.4. The van der Waals surface area contributed by atoms with E-state index < -0.39 is 4.87 Å². The first kappa shape index (κ1) is 7.25. The number of hydrogen-bond donors (Lipinski definition) is 1. The van der Waals surface area contributed by atoms with Gasteiger partial charge in [-0.15, -0.1) is 11.6 Å². The summed E-state index contributed by atoms with van der Waals surface area (Å²) >= 11 is 10.7. The zero-order chi connectivity index (χ0) is 6.08. The summed E-state index contributed by atoms with van der Waals surface area (Å²) in [6.45, 7) is 3.34. The van der Waals surface area contributed by atoms with Gasteiger partial charge in [-0.05, 0) is 13.8 Å². The second kappa shape index (κ2) is 2.01. The van der Waals surface area contributed by atoms with Crippen LogP contribution in [0.1, 0.15) is 13.8 Å². The molecule has 0 aromatic carbocycles. The lowest BCUT2D eigenvalue weighted by atomic mass is 10.2. The van der Waals surface area contributed by atoms with Crippen molar-refractivity contribution in [2.45, 2.75) is 18.7 Å². The van der Waals surface area contributed by atoms with Gasteiger partial charge in [-0.25, -0.2) is 0 Å². The van der Waals surface area contributed by atoms with Crippen LogP contribution in [0.15, 0.2) is 0 Å². The van der Waals surface area contributed by atoms with Crippen molar-refractivity contribution in [1.82, 2.24) is 0 Å². The second-order valence-electron chi connectivity index (χ2n) is 1.79. The molecule has 3 heteroatoms. The first-order chi connectivity index (χ1) is 2.94. The van der Waals surface area contributed by atoms with Gasteiger partial charge in [-0.1, -0.05) is 11.6 Å². The SMILES string of the molecule is CC(C)(Cl)C(=N)Cl. The van der Waals surface area contributed by atoms with E-state index in [1.807, 2.05) is 0 Å². The first-order valence-electron chi connectivity index (χ1n) is 1.88. The van der Waals surface area contributed by atoms with Crippen LogP contribution in [0.25, 0.3) is 0 Å². The standard InChI is InChI=1S/C4H7Cl2N/c1-4(2,6)3(5)7/h7H,1-2H3. The molecule has 42 valence electrons. The molecular formula is C4H7Cl2N. The van der Waals surface area contributed by atoms with Crippen molar-refractivity contribution in [1.29, 1.82) is 5.41 Å². The molecule has 0 rings (SSSR count). The Labute approximate surface area is 53.1 Å². The van der Waals surface area contributed by atoms with Crippen LogP contribution < -0.4 is 0 Å². The predicted molar refractivity (Wildman–Crippen MR) is 33.5 cm³/mol. The van der Waals surface area contributed by atoms with E-state index in [0.717, 1.165) is 0 Å². The maximum Gasteiger partial charge on any atom is 0.118 e. The molecule has 0 bridgehead atoms. The molecule has 0 atom stereocenters. The average Bonchev–Trinajstić information content (AvgIpc) is 1.31. The average molecular weight is 140 g/mol. The van der Waals surface area contributed by atoms with Crippen molar-refractivity contribution >= 4 is 28.4 Å². The van der Waals surface area contributed by atoms with Crippen molar-refractivity contribution in [2.75, 3.05) is 0 Å². The van der Waals surface area contributed by atoms with E-state index in [9.17, 15) is 0 Å². The third-order valence-corrected chi connectivity index (χ3v) is 1.28. The van der Waals surface area contributed by atoms with Gasteiger partial charge < -0.3 is 0 Å². The Morgan fingerprint density at radius 1 is 1.57 bits per heavy atom. The van der Waals surface area contributed by atoms with Crippen LogP contribution in [-0.2, 0) is 0 Å². The third kappa shape index (κ3) is 2.89. The molecule has 7 heavy (non-hydrogen) atoms. The van der Waals surface area contributed by atoms with Crippen LogP contribution in [0.5, 0.6) is 0 Å². The number of rotatable bonds is 1. The minimum atomic E-state index is -0.679. The Balaban J connectivity index is 3.79. The molecule has 0 aliphatic rings. The second-order valence-corrected chi connectivity index (χ2v) is 3.11. The van der Waals surface area contributed by atoms with E-state index in [-0.39, 0.29) is 5.17 Å². The van der Waals surface area contributed by atoms with Gasteiger partial charge in [-0.3, -0.25) is 5.41 Å². The fourth-order valence-electron chi connectivity index (χ4n) is 0. The Hall–Kier alpha value is 0.250. The van der Waals surface area contributed by atoms with Crippen molar-refractivity contribution in [3.8, 4) is 0 Å². The Morgan fingerprint density at radius 2 is 1.71 bits per heavy atom. The van der Waals surface area contributed by atoms with Crippen molar-refractivity contribution in [3.63, 3.8) is 0 Å². The fraction of sp³-hybridized carbons (Fsp3) is 0.750. The molecule has 0 aliphatic heterocycles. The van der Waals surface area contributed by atoms with Gasteiger partial charge in [0, 0.05) is 0 Å². The highest BCUT2D eigenvalue weighted by Crippen LogP contribution is 2.15. The maximum absolute atomic E-state index is 6.78. The lowest BCUT2D eigenvalue weighted by Gasteiger charge is -2.09. The van der Waals surface area contributed by atoms with Gasteiger partial charge in [0.1, 0.15) is 5.17 Å². The Kier molecular flexibility index (Phi) is 2.09. The monoisotopic (exact) mass is 139 g/mol. The van der Waals surface area contributed by atoms with Crippen LogP contribution in [0, 0.1) is 5.41 Å². The lowest BCUT2D eigenvalue weighted by Crippen LogP contribution is -2.17. The summed E-state index contributed by atoms with van der Waals surface area (Å²) in [5, 5.41) is 6.76. The Bertz CT molecular complexity index is 82.2. The summed E-state index contributed by atoms with van der Waals surface area (Å²) in [7, 11) is 0. The van der Waals surface area contributed by atoms with Crippen molar-refractivity contribution < 1.29 is 0 Å². The largest absolute Gasteiger partial charge is 0.292 e. The summed E-state index contributed by atoms with van der Waals surface area (Å²) in [6.07, 6.45) is 0. The molecule has 0 aromatic heterocycles. The number of nitrogens with one attached hydrogen (secondary N) is 1. The van der Waals surface area contributed by atoms with Crippen LogP contribution >= 0.6 is 23.2 Å². The molecule has 0 unspecified atom stereocenters. The molecule has 0 saturated carbocycles. The third-order valence-electron chi connectivity index (χ3n) is 0.522. The fourth-order valence-corrected chi connectivity index (χ4v) is 0. The summed E-state index contributed by atoms with van der Waals surface area (Å²) in [6, 6.07) is 0. The molecule has 0 radical (unpaired) electrons. The molecular weight excluding hydrogens is 133 g/mol. The molecule has 0 spiro atoms. The first-order valence-corrected chi connectivity index (χ1v) is 2.63. The van der Waals surface area contributed by atoms with Gasteiger partial charge in [0.05, 0.1) is 4.87 Å². The van der Waals surface area contributed by atoms with E-state index in [0.29, 0.717) is 0 Å². The molecule has 1 N–H and O–H groups in total. The molecule has 0 aromatic rings. The minimum Gasteiger partial charge on any atom is -0.292 e.